The fourth-order valence-corrected chi connectivity index (χ4v) is 4.75. The predicted molar refractivity (Wildman–Crippen MR) is 159 cm³/mol. The smallest absolute Gasteiger partial charge is 0.274 e. The molecule has 9 heteroatoms. The fraction of sp³-hybridized carbons (Fsp3) is 0.258. The summed E-state index contributed by atoms with van der Waals surface area (Å²) in [5.74, 6) is 0.408. The second kappa shape index (κ2) is 14.0. The fourth-order valence-electron chi connectivity index (χ4n) is 4.42. The van der Waals surface area contributed by atoms with E-state index in [1.807, 2.05) is 62.5 Å². The monoisotopic (exact) mass is 561 g/mol. The zero-order valence-electron chi connectivity index (χ0n) is 22.9. The van der Waals surface area contributed by atoms with Crippen molar-refractivity contribution in [2.75, 3.05) is 32.7 Å². The lowest BCUT2D eigenvalue weighted by molar-refractivity contribution is 0.102. The van der Waals surface area contributed by atoms with Gasteiger partial charge in [-0.15, -0.1) is 0 Å². The summed E-state index contributed by atoms with van der Waals surface area (Å²) in [6.07, 6.45) is 3.88. The van der Waals surface area contributed by atoms with Crippen LogP contribution < -0.4 is 20.7 Å². The number of nitrogens with zero attached hydrogens (tertiary/aromatic N) is 2. The topological polar surface area (TPSA) is 88.2 Å². The van der Waals surface area contributed by atoms with Crippen LogP contribution in [0.3, 0.4) is 0 Å². The second-order valence-electron chi connectivity index (χ2n) is 9.28. The van der Waals surface area contributed by atoms with Gasteiger partial charge in [-0.3, -0.25) is 19.2 Å². The molecule has 2 aromatic heterocycles. The Morgan fingerprint density at radius 2 is 1.90 bits per heavy atom. The van der Waals surface area contributed by atoms with Gasteiger partial charge in [0.1, 0.15) is 11.4 Å². The van der Waals surface area contributed by atoms with Gasteiger partial charge in [-0.25, -0.2) is 0 Å². The molecule has 0 spiro atoms. The third-order valence-electron chi connectivity index (χ3n) is 6.56. The first-order chi connectivity index (χ1) is 19.5. The van der Waals surface area contributed by atoms with E-state index in [9.17, 15) is 9.18 Å². The number of carbonyl (C=O) groups excluding carboxylic acids is 1. The molecule has 0 saturated heterocycles. The summed E-state index contributed by atoms with van der Waals surface area (Å²) in [5.41, 5.74) is 6.94. The van der Waals surface area contributed by atoms with Gasteiger partial charge >= 0.3 is 0 Å². The summed E-state index contributed by atoms with van der Waals surface area (Å²) >= 11 is 6.94. The quantitative estimate of drug-likeness (QED) is 0.178. The number of aromatic nitrogens is 2. The van der Waals surface area contributed by atoms with E-state index in [4.69, 9.17) is 16.3 Å². The number of amides is 1. The van der Waals surface area contributed by atoms with E-state index >= 15 is 0 Å². The van der Waals surface area contributed by atoms with Crippen molar-refractivity contribution in [3.63, 3.8) is 0 Å². The predicted octanol–water partition coefficient (Wildman–Crippen LogP) is 6.20. The number of halogens is 2. The normalized spacial score (nSPS) is 10.9. The first-order valence-electron chi connectivity index (χ1n) is 13.1. The van der Waals surface area contributed by atoms with Crippen LogP contribution in [0.4, 0.5) is 10.1 Å². The number of alkyl halides is 1. The summed E-state index contributed by atoms with van der Waals surface area (Å²) in [7, 11) is 3.48. The standard InChI is InChI=1S/C31H33ClFN5O2/c1-20-24(6-4-7-26(20)38-31(39)27-11-8-21(17-34-2)18-37-27)25-12-15-36-30(29(25)32)22-9-10-23(28(16-22)40-3)19-35-14-5-13-33/h4,6-12,15-16,18,34-35H,5,13-14,17,19H2,1-3H3,(H,38,39). The Bertz CT molecular complexity index is 1460. The third-order valence-corrected chi connectivity index (χ3v) is 6.95. The zero-order valence-corrected chi connectivity index (χ0v) is 23.6. The molecular formula is C31H33ClFN5O2. The van der Waals surface area contributed by atoms with Gasteiger partial charge < -0.3 is 20.7 Å². The van der Waals surface area contributed by atoms with Crippen LogP contribution in [0.15, 0.2) is 67.0 Å². The lowest BCUT2D eigenvalue weighted by Gasteiger charge is -2.16. The molecule has 1 amide bonds. The van der Waals surface area contributed by atoms with Crippen LogP contribution in [0.5, 0.6) is 5.75 Å². The zero-order chi connectivity index (χ0) is 28.5. The van der Waals surface area contributed by atoms with E-state index in [2.05, 4.69) is 25.9 Å². The Morgan fingerprint density at radius 3 is 2.62 bits per heavy atom. The first kappa shape index (κ1) is 29.1. The number of anilines is 1. The molecular weight excluding hydrogens is 529 g/mol. The molecule has 0 radical (unpaired) electrons. The van der Waals surface area contributed by atoms with Gasteiger partial charge in [0.2, 0.25) is 0 Å². The van der Waals surface area contributed by atoms with E-state index in [0.717, 1.165) is 33.4 Å². The molecule has 0 fully saturated rings. The Labute approximate surface area is 239 Å². The van der Waals surface area contributed by atoms with E-state index in [0.29, 0.717) is 53.9 Å². The van der Waals surface area contributed by atoms with Crippen molar-refractivity contribution < 1.29 is 13.9 Å². The van der Waals surface area contributed by atoms with E-state index in [1.165, 1.54) is 0 Å². The van der Waals surface area contributed by atoms with Crippen LogP contribution in [0.2, 0.25) is 5.02 Å². The number of hydrogen-bond acceptors (Lipinski definition) is 6. The van der Waals surface area contributed by atoms with Crippen molar-refractivity contribution in [3.05, 3.63) is 94.4 Å². The number of hydrogen-bond donors (Lipinski definition) is 3. The maximum absolute atomic E-state index is 12.9. The summed E-state index contributed by atoms with van der Waals surface area (Å²) < 4.78 is 18.0. The molecule has 0 aliphatic rings. The minimum Gasteiger partial charge on any atom is -0.496 e. The molecule has 0 atom stereocenters. The van der Waals surface area contributed by atoms with Crippen LogP contribution in [0.1, 0.15) is 33.6 Å². The minimum atomic E-state index is -0.347. The van der Waals surface area contributed by atoms with Gasteiger partial charge in [0.05, 0.1) is 24.5 Å². The highest BCUT2D eigenvalue weighted by Crippen LogP contribution is 2.39. The van der Waals surface area contributed by atoms with Crippen LogP contribution >= 0.6 is 11.6 Å². The van der Waals surface area contributed by atoms with Gasteiger partial charge in [-0.2, -0.15) is 0 Å². The lowest BCUT2D eigenvalue weighted by atomic mass is 9.97. The Balaban J connectivity index is 1.59. The van der Waals surface area contributed by atoms with Crippen LogP contribution in [-0.2, 0) is 13.1 Å². The number of ether oxygens (including phenoxy) is 1. The SMILES string of the molecule is CNCc1ccc(C(=O)Nc2cccc(-c3ccnc(-c4ccc(CNCCCF)c(OC)c4)c3Cl)c2C)nc1. The van der Waals surface area contributed by atoms with Gasteiger partial charge in [-0.1, -0.05) is 41.9 Å². The third kappa shape index (κ3) is 6.83. The van der Waals surface area contributed by atoms with Crippen molar-refractivity contribution in [3.8, 4) is 28.1 Å². The Hall–Kier alpha value is -3.85. The molecule has 4 rings (SSSR count). The van der Waals surface area contributed by atoms with Crippen molar-refractivity contribution in [2.24, 2.45) is 0 Å². The Morgan fingerprint density at radius 1 is 1.05 bits per heavy atom. The number of carbonyl (C=O) groups is 1. The first-order valence-corrected chi connectivity index (χ1v) is 13.4. The molecule has 3 N–H and O–H groups in total. The van der Waals surface area contributed by atoms with Gasteiger partial charge in [0.25, 0.3) is 5.91 Å². The number of nitrogens with one attached hydrogen (secondary N) is 3. The molecule has 2 heterocycles. The molecule has 40 heavy (non-hydrogen) atoms. The maximum Gasteiger partial charge on any atom is 0.274 e. The Kier molecular flexibility index (Phi) is 10.2. The van der Waals surface area contributed by atoms with Crippen molar-refractivity contribution >= 4 is 23.2 Å². The average molecular weight is 562 g/mol. The second-order valence-corrected chi connectivity index (χ2v) is 9.66. The highest BCUT2D eigenvalue weighted by molar-refractivity contribution is 6.35. The molecule has 4 aromatic rings. The minimum absolute atomic E-state index is 0.288. The van der Waals surface area contributed by atoms with Crippen molar-refractivity contribution in [1.29, 1.82) is 0 Å². The summed E-state index contributed by atoms with van der Waals surface area (Å²) in [6, 6.07) is 17.0. The highest BCUT2D eigenvalue weighted by atomic mass is 35.5. The highest BCUT2D eigenvalue weighted by Gasteiger charge is 2.17. The summed E-state index contributed by atoms with van der Waals surface area (Å²) in [5, 5.41) is 9.76. The van der Waals surface area contributed by atoms with E-state index < -0.39 is 0 Å². The average Bonchev–Trinajstić information content (AvgIpc) is 2.97. The van der Waals surface area contributed by atoms with Crippen LogP contribution in [-0.4, -0.2) is 43.3 Å². The molecule has 208 valence electrons. The molecule has 0 unspecified atom stereocenters. The van der Waals surface area contributed by atoms with Crippen LogP contribution in [0.25, 0.3) is 22.4 Å². The maximum atomic E-state index is 12.9. The largest absolute Gasteiger partial charge is 0.496 e. The van der Waals surface area contributed by atoms with Crippen molar-refractivity contribution in [2.45, 2.75) is 26.4 Å². The molecule has 0 aliphatic heterocycles. The summed E-state index contributed by atoms with van der Waals surface area (Å²) in [6.45, 7) is 3.44. The molecule has 0 bridgehead atoms. The van der Waals surface area contributed by atoms with Gasteiger partial charge in [0, 0.05) is 47.9 Å². The number of methoxy groups -OCH3 is 1. The van der Waals surface area contributed by atoms with E-state index in [1.54, 1.807) is 25.6 Å². The number of benzene rings is 2. The molecule has 7 nitrogen and oxygen atoms in total. The van der Waals surface area contributed by atoms with Gasteiger partial charge in [-0.05, 0) is 67.9 Å². The molecule has 0 aliphatic carbocycles. The van der Waals surface area contributed by atoms with Crippen LogP contribution in [0, 0.1) is 6.92 Å². The number of pyridine rings is 2. The number of rotatable bonds is 12. The molecule has 0 saturated carbocycles. The lowest BCUT2D eigenvalue weighted by Crippen LogP contribution is -2.15. The van der Waals surface area contributed by atoms with E-state index in [-0.39, 0.29) is 12.6 Å². The van der Waals surface area contributed by atoms with Gasteiger partial charge in [0.15, 0.2) is 0 Å². The summed E-state index contributed by atoms with van der Waals surface area (Å²) in [4.78, 5) is 21.8. The molecule has 2 aromatic carbocycles. The van der Waals surface area contributed by atoms with Crippen molar-refractivity contribution in [1.82, 2.24) is 20.6 Å².